The number of carbonyl (C=O) groups excluding carboxylic acids is 2. The maximum atomic E-state index is 12.9. The Morgan fingerprint density at radius 1 is 0.348 bits per heavy atom. The zero-order chi connectivity index (χ0) is 64.8. The first kappa shape index (κ1) is 87.5. The molecule has 0 aliphatic rings. The molecule has 0 radical (unpaired) electrons. The average Bonchev–Trinajstić information content (AvgIpc) is 3.60. The summed E-state index contributed by atoms with van der Waals surface area (Å²) in [5, 5.41) is 0. The first-order valence-electron chi connectivity index (χ1n) is 39.5. The summed E-state index contributed by atoms with van der Waals surface area (Å²) < 4.78 is 34.4. The highest BCUT2D eigenvalue weighted by atomic mass is 31.2. The quantitative estimate of drug-likeness (QED) is 0.0195. The van der Waals surface area contributed by atoms with Crippen LogP contribution in [0.5, 0.6) is 0 Å². The lowest BCUT2D eigenvalue weighted by Gasteiger charge is -2.28. The van der Waals surface area contributed by atoms with Gasteiger partial charge in [-0.05, 0) is 44.9 Å². The Balaban J connectivity index is 3.88. The minimum absolute atomic E-state index is 0.0259. The van der Waals surface area contributed by atoms with Gasteiger partial charge in [-0.3, -0.25) is 14.2 Å². The van der Waals surface area contributed by atoms with Crippen molar-refractivity contribution in [2.24, 2.45) is 0 Å². The van der Waals surface area contributed by atoms with E-state index in [0.717, 1.165) is 38.5 Å². The van der Waals surface area contributed by atoms with E-state index in [-0.39, 0.29) is 32.0 Å². The largest absolute Gasteiger partial charge is 0.756 e. The fourth-order valence-electron chi connectivity index (χ4n) is 12.2. The Labute approximate surface area is 555 Å². The molecular formula is C79H154NO8P. The van der Waals surface area contributed by atoms with E-state index in [1.807, 2.05) is 21.1 Å². The van der Waals surface area contributed by atoms with Gasteiger partial charge in [0.1, 0.15) is 19.8 Å². The average molecular weight is 1280 g/mol. The van der Waals surface area contributed by atoms with Crippen molar-refractivity contribution in [2.75, 3.05) is 47.5 Å². The molecule has 89 heavy (non-hydrogen) atoms. The molecule has 9 nitrogen and oxygen atoms in total. The molecule has 10 heteroatoms. The number of rotatable bonds is 75. The number of phosphoric acid groups is 1. The standard InChI is InChI=1S/C79H154NO8P/c1-6-8-10-12-14-16-18-20-22-24-26-28-30-32-34-35-36-37-38-39-40-41-42-43-44-45-46-48-50-52-54-56-58-60-62-64-66-68-70-72-79(82)88-77(76-87-89(83,84)86-74-73-80(3,4)5)75-85-78(81)71-69-67-65-63-61-59-57-55-53-51-49-47-33-31-29-27-25-23-21-19-17-15-13-11-9-7-2/h18,20,24,26,77H,6-17,19,21-23,25,27-76H2,1-5H3/b20-18-,26-24-. The fourth-order valence-corrected chi connectivity index (χ4v) is 12.9. The number of allylic oxidation sites excluding steroid dienone is 4. The van der Waals surface area contributed by atoms with Crippen molar-refractivity contribution in [3.63, 3.8) is 0 Å². The maximum absolute atomic E-state index is 12.9. The van der Waals surface area contributed by atoms with Crippen molar-refractivity contribution >= 4 is 19.8 Å². The SMILES string of the molecule is CCCCCCC/C=C\C/C=C\CCCCCCCCCCCCCCCCCCCCCCCCCCCCCC(=O)OC(COC(=O)CCCCCCCCCCCCCCCCCCCCCCCCCCCC)COP(=O)([O-])OCC[N+](C)(C)C. The van der Waals surface area contributed by atoms with E-state index in [1.54, 1.807) is 0 Å². The van der Waals surface area contributed by atoms with E-state index in [4.69, 9.17) is 18.5 Å². The molecule has 0 saturated carbocycles. The topological polar surface area (TPSA) is 111 Å². The van der Waals surface area contributed by atoms with Crippen molar-refractivity contribution in [3.05, 3.63) is 24.3 Å². The van der Waals surface area contributed by atoms with Crippen LogP contribution in [0.1, 0.15) is 418 Å². The highest BCUT2D eigenvalue weighted by Gasteiger charge is 2.22. The monoisotopic (exact) mass is 1280 g/mol. The number of phosphoric ester groups is 1. The van der Waals surface area contributed by atoms with Gasteiger partial charge in [-0.25, -0.2) is 0 Å². The van der Waals surface area contributed by atoms with Gasteiger partial charge in [-0.2, -0.15) is 0 Å². The van der Waals surface area contributed by atoms with Gasteiger partial charge < -0.3 is 27.9 Å². The van der Waals surface area contributed by atoms with Crippen molar-refractivity contribution in [2.45, 2.75) is 424 Å². The van der Waals surface area contributed by atoms with E-state index in [2.05, 4.69) is 38.2 Å². The number of unbranched alkanes of at least 4 members (excludes halogenated alkanes) is 57. The first-order valence-corrected chi connectivity index (χ1v) is 41.0. The van der Waals surface area contributed by atoms with E-state index in [0.29, 0.717) is 17.4 Å². The Kier molecular flexibility index (Phi) is 69.6. The normalized spacial score (nSPS) is 13.1. The predicted octanol–water partition coefficient (Wildman–Crippen LogP) is 25.4. The van der Waals surface area contributed by atoms with E-state index in [9.17, 15) is 19.0 Å². The lowest BCUT2D eigenvalue weighted by Crippen LogP contribution is -2.37. The van der Waals surface area contributed by atoms with Crippen LogP contribution in [-0.2, 0) is 32.7 Å². The number of hydrogen-bond donors (Lipinski definition) is 0. The van der Waals surface area contributed by atoms with Crippen molar-refractivity contribution in [1.29, 1.82) is 0 Å². The molecule has 0 spiro atoms. The highest BCUT2D eigenvalue weighted by molar-refractivity contribution is 7.45. The van der Waals surface area contributed by atoms with Gasteiger partial charge >= 0.3 is 11.9 Å². The molecule has 0 aliphatic carbocycles. The van der Waals surface area contributed by atoms with Crippen LogP contribution in [-0.4, -0.2) is 70.0 Å². The molecule has 0 bridgehead atoms. The van der Waals surface area contributed by atoms with Gasteiger partial charge in [0.25, 0.3) is 7.82 Å². The van der Waals surface area contributed by atoms with Gasteiger partial charge in [-0.15, -0.1) is 0 Å². The Hall–Kier alpha value is -1.51. The van der Waals surface area contributed by atoms with Crippen LogP contribution < -0.4 is 4.89 Å². The number of nitrogens with zero attached hydrogens (tertiary/aromatic N) is 1. The molecule has 2 unspecified atom stereocenters. The maximum Gasteiger partial charge on any atom is 0.306 e. The lowest BCUT2D eigenvalue weighted by atomic mass is 10.0. The molecule has 0 aromatic rings. The van der Waals surface area contributed by atoms with Gasteiger partial charge in [0.05, 0.1) is 27.7 Å². The summed E-state index contributed by atoms with van der Waals surface area (Å²) in [6.07, 6.45) is 90.2. The minimum atomic E-state index is -4.64. The summed E-state index contributed by atoms with van der Waals surface area (Å²) in [7, 11) is 1.20. The molecule has 0 heterocycles. The molecule has 0 fully saturated rings. The molecule has 0 rings (SSSR count). The van der Waals surface area contributed by atoms with Gasteiger partial charge in [-0.1, -0.05) is 385 Å². The Bertz CT molecular complexity index is 1550. The second kappa shape index (κ2) is 70.8. The third-order valence-corrected chi connectivity index (χ3v) is 19.2. The third-order valence-electron chi connectivity index (χ3n) is 18.2. The fraction of sp³-hybridized carbons (Fsp3) is 0.924. The summed E-state index contributed by atoms with van der Waals surface area (Å²) in [5.74, 6) is -0.804. The predicted molar refractivity (Wildman–Crippen MR) is 384 cm³/mol. The number of esters is 2. The van der Waals surface area contributed by atoms with E-state index in [1.165, 1.54) is 347 Å². The Morgan fingerprint density at radius 3 is 0.888 bits per heavy atom. The molecule has 2 atom stereocenters. The zero-order valence-corrected chi connectivity index (χ0v) is 61.3. The van der Waals surface area contributed by atoms with Crippen molar-refractivity contribution in [3.8, 4) is 0 Å². The van der Waals surface area contributed by atoms with Gasteiger partial charge in [0.2, 0.25) is 0 Å². The van der Waals surface area contributed by atoms with E-state index < -0.39 is 26.5 Å². The third kappa shape index (κ3) is 75.4. The number of carbonyl (C=O) groups is 2. The summed E-state index contributed by atoms with van der Waals surface area (Å²) in [6, 6.07) is 0. The van der Waals surface area contributed by atoms with Crippen LogP contribution in [0.3, 0.4) is 0 Å². The molecule has 528 valence electrons. The molecule has 0 aliphatic heterocycles. The molecule has 0 aromatic carbocycles. The number of likely N-dealkylation sites (N-methyl/N-ethyl adjacent to an activating group) is 1. The summed E-state index contributed by atoms with van der Waals surface area (Å²) in [5.41, 5.74) is 0. The van der Waals surface area contributed by atoms with E-state index >= 15 is 0 Å². The van der Waals surface area contributed by atoms with Crippen LogP contribution >= 0.6 is 7.82 Å². The highest BCUT2D eigenvalue weighted by Crippen LogP contribution is 2.38. The molecule has 0 amide bonds. The molecular weight excluding hydrogens is 1120 g/mol. The van der Waals surface area contributed by atoms with Crippen LogP contribution in [0.15, 0.2) is 24.3 Å². The zero-order valence-electron chi connectivity index (χ0n) is 60.4. The number of ether oxygens (including phenoxy) is 2. The Morgan fingerprint density at radius 2 is 0.607 bits per heavy atom. The van der Waals surface area contributed by atoms with Crippen LogP contribution in [0, 0.1) is 0 Å². The smallest absolute Gasteiger partial charge is 0.306 e. The summed E-state index contributed by atoms with van der Waals surface area (Å²) >= 11 is 0. The molecule has 0 N–H and O–H groups in total. The summed E-state index contributed by atoms with van der Waals surface area (Å²) in [6.45, 7) is 4.32. The van der Waals surface area contributed by atoms with Gasteiger partial charge in [0, 0.05) is 12.8 Å². The lowest BCUT2D eigenvalue weighted by molar-refractivity contribution is -0.870. The number of quaternary nitrogens is 1. The first-order chi connectivity index (χ1) is 43.5. The van der Waals surface area contributed by atoms with Crippen LogP contribution in [0.4, 0.5) is 0 Å². The minimum Gasteiger partial charge on any atom is -0.756 e. The summed E-state index contributed by atoms with van der Waals surface area (Å²) in [4.78, 5) is 38.1. The van der Waals surface area contributed by atoms with Crippen LogP contribution in [0.25, 0.3) is 0 Å². The second-order valence-corrected chi connectivity index (χ2v) is 29.9. The number of hydrogen-bond acceptors (Lipinski definition) is 8. The molecule has 0 saturated heterocycles. The van der Waals surface area contributed by atoms with Gasteiger partial charge in [0.15, 0.2) is 6.10 Å². The van der Waals surface area contributed by atoms with Crippen LogP contribution in [0.2, 0.25) is 0 Å². The van der Waals surface area contributed by atoms with Crippen molar-refractivity contribution in [1.82, 2.24) is 0 Å². The van der Waals surface area contributed by atoms with Crippen molar-refractivity contribution < 1.29 is 42.1 Å². The molecule has 0 aromatic heterocycles. The second-order valence-electron chi connectivity index (χ2n) is 28.4.